The highest BCUT2D eigenvalue weighted by atomic mass is 16.3. The van der Waals surface area contributed by atoms with Crippen molar-refractivity contribution in [1.82, 2.24) is 5.32 Å². The van der Waals surface area contributed by atoms with Crippen LogP contribution in [0.25, 0.3) is 0 Å². The number of aliphatic hydroxyl groups excluding tert-OH is 2. The molecule has 0 spiro atoms. The second-order valence-electron chi connectivity index (χ2n) is 21.1. The molecule has 3 N–H and O–H groups in total. The maximum absolute atomic E-state index is 12.5. The largest absolute Gasteiger partial charge is 0.394 e. The average Bonchev–Trinajstić information content (AvgIpc) is 3.41. The van der Waals surface area contributed by atoms with Crippen molar-refractivity contribution < 1.29 is 15.0 Å². The van der Waals surface area contributed by atoms with Crippen molar-refractivity contribution in [2.75, 3.05) is 6.61 Å². The number of rotatable bonds is 57. The van der Waals surface area contributed by atoms with E-state index in [1.54, 1.807) is 6.08 Å². The zero-order valence-electron chi connectivity index (χ0n) is 49.3. The molecule has 2 atom stereocenters. The van der Waals surface area contributed by atoms with Crippen LogP contribution in [-0.2, 0) is 4.79 Å². The third-order valence-electron chi connectivity index (χ3n) is 13.9. The van der Waals surface area contributed by atoms with Gasteiger partial charge >= 0.3 is 0 Å². The maximum atomic E-state index is 12.5. The van der Waals surface area contributed by atoms with E-state index >= 15 is 0 Å². The Morgan fingerprint density at radius 2 is 0.600 bits per heavy atom. The molecule has 0 aliphatic rings. The van der Waals surface area contributed by atoms with Gasteiger partial charge in [0.2, 0.25) is 5.91 Å². The Kier molecular flexibility index (Phi) is 61.8. The van der Waals surface area contributed by atoms with Gasteiger partial charge in [0.05, 0.1) is 18.8 Å². The van der Waals surface area contributed by atoms with Gasteiger partial charge < -0.3 is 15.5 Å². The van der Waals surface area contributed by atoms with E-state index < -0.39 is 12.1 Å². The number of aliphatic hydroxyl groups is 2. The Morgan fingerprint density at radius 1 is 0.333 bits per heavy atom. The lowest BCUT2D eigenvalue weighted by atomic mass is 10.0. The first-order valence-corrected chi connectivity index (χ1v) is 31.9. The van der Waals surface area contributed by atoms with Crippen molar-refractivity contribution in [2.45, 2.75) is 302 Å². The van der Waals surface area contributed by atoms with Crippen molar-refractivity contribution >= 4 is 5.91 Å². The van der Waals surface area contributed by atoms with Crippen LogP contribution in [0.1, 0.15) is 290 Å². The second kappa shape index (κ2) is 64.8. The molecule has 4 heteroatoms. The third-order valence-corrected chi connectivity index (χ3v) is 13.9. The monoisotopic (exact) mass is 1040 g/mol. The van der Waals surface area contributed by atoms with Crippen LogP contribution >= 0.6 is 0 Å². The number of hydrogen-bond donors (Lipinski definition) is 3. The number of amides is 1. The van der Waals surface area contributed by atoms with Crippen molar-refractivity contribution in [3.05, 3.63) is 134 Å². The fourth-order valence-corrected chi connectivity index (χ4v) is 9.07. The number of nitrogens with one attached hydrogen (secondary N) is 1. The molecule has 0 aliphatic heterocycles. The summed E-state index contributed by atoms with van der Waals surface area (Å²) in [7, 11) is 0. The molecule has 0 saturated carbocycles. The molecule has 0 heterocycles. The highest BCUT2D eigenvalue weighted by Crippen LogP contribution is 2.17. The predicted molar refractivity (Wildman–Crippen MR) is 335 cm³/mol. The normalized spacial score (nSPS) is 13.7. The lowest BCUT2D eigenvalue weighted by molar-refractivity contribution is -0.123. The molecule has 0 aromatic carbocycles. The molecule has 428 valence electrons. The van der Waals surface area contributed by atoms with Gasteiger partial charge in [-0.2, -0.15) is 0 Å². The minimum Gasteiger partial charge on any atom is -0.394 e. The summed E-state index contributed by atoms with van der Waals surface area (Å²) in [5, 5.41) is 23.2. The fourth-order valence-electron chi connectivity index (χ4n) is 9.07. The van der Waals surface area contributed by atoms with Crippen LogP contribution in [-0.4, -0.2) is 34.9 Å². The van der Waals surface area contributed by atoms with Crippen molar-refractivity contribution in [3.8, 4) is 0 Å². The average molecular weight is 1040 g/mol. The summed E-state index contributed by atoms with van der Waals surface area (Å²) in [6, 6.07) is -0.670. The minimum atomic E-state index is -0.889. The number of carbonyl (C=O) groups is 1. The summed E-state index contributed by atoms with van der Waals surface area (Å²) in [6.07, 6.45) is 101. The van der Waals surface area contributed by atoms with E-state index in [0.717, 1.165) is 103 Å². The topological polar surface area (TPSA) is 69.6 Å². The molecular formula is C71H121NO3. The Morgan fingerprint density at radius 3 is 0.933 bits per heavy atom. The molecule has 0 aromatic rings. The minimum absolute atomic E-state index is 0.109. The number of allylic oxidation sites excluding steroid dienone is 21. The molecule has 0 rings (SSSR count). The van der Waals surface area contributed by atoms with Gasteiger partial charge in [0, 0.05) is 6.42 Å². The summed E-state index contributed by atoms with van der Waals surface area (Å²) in [5.41, 5.74) is 0. The molecule has 4 nitrogen and oxygen atoms in total. The fraction of sp³-hybridized carbons (Fsp3) is 0.676. The molecule has 0 radical (unpaired) electrons. The molecule has 0 aromatic heterocycles. The van der Waals surface area contributed by atoms with Gasteiger partial charge in [-0.1, -0.05) is 314 Å². The van der Waals surface area contributed by atoms with Crippen LogP contribution in [0.2, 0.25) is 0 Å². The van der Waals surface area contributed by atoms with E-state index in [9.17, 15) is 15.0 Å². The van der Waals surface area contributed by atoms with E-state index in [-0.39, 0.29) is 12.5 Å². The number of unbranched alkanes of at least 4 members (excludes halogenated alkanes) is 30. The highest BCUT2D eigenvalue weighted by molar-refractivity contribution is 5.76. The van der Waals surface area contributed by atoms with E-state index in [2.05, 4.69) is 141 Å². The summed E-state index contributed by atoms with van der Waals surface area (Å²) < 4.78 is 0. The van der Waals surface area contributed by atoms with Gasteiger partial charge in [-0.3, -0.25) is 4.79 Å². The maximum Gasteiger partial charge on any atom is 0.220 e. The molecular weight excluding hydrogens is 915 g/mol. The first-order chi connectivity index (χ1) is 37.2. The highest BCUT2D eigenvalue weighted by Gasteiger charge is 2.18. The predicted octanol–water partition coefficient (Wildman–Crippen LogP) is 21.8. The molecule has 0 fully saturated rings. The van der Waals surface area contributed by atoms with E-state index in [4.69, 9.17) is 0 Å². The van der Waals surface area contributed by atoms with Gasteiger partial charge in [-0.15, -0.1) is 0 Å². The summed E-state index contributed by atoms with van der Waals surface area (Å²) in [6.45, 7) is 4.18. The van der Waals surface area contributed by atoms with Crippen LogP contribution in [0.3, 0.4) is 0 Å². The molecule has 0 bridgehead atoms. The van der Waals surface area contributed by atoms with Gasteiger partial charge in [-0.05, 0) is 103 Å². The van der Waals surface area contributed by atoms with Gasteiger partial charge in [0.15, 0.2) is 0 Å². The molecule has 2 unspecified atom stereocenters. The lowest BCUT2D eigenvalue weighted by Crippen LogP contribution is -2.45. The van der Waals surface area contributed by atoms with Crippen LogP contribution in [0.5, 0.6) is 0 Å². The number of carbonyl (C=O) groups excluding carboxylic acids is 1. The SMILES string of the molecule is CC/C=C\C/C=C\C/C=C\C/C=C\C/C=C\C/C=C\C/C=C\C/C=C\C/C=C\CCCCCC(=O)NC(CO)C(O)/C=C/CC/C=C/CCCCCCCCCCCCCCCCCCCCCCCCCCCC. The Hall–Kier alpha value is -3.47. The van der Waals surface area contributed by atoms with Crippen LogP contribution in [0.15, 0.2) is 134 Å². The summed E-state index contributed by atoms with van der Waals surface area (Å²) >= 11 is 0. The molecule has 1 amide bonds. The first-order valence-electron chi connectivity index (χ1n) is 31.9. The molecule has 75 heavy (non-hydrogen) atoms. The van der Waals surface area contributed by atoms with Gasteiger partial charge in [-0.25, -0.2) is 0 Å². The van der Waals surface area contributed by atoms with Gasteiger partial charge in [0.1, 0.15) is 0 Å². The Labute approximate surface area is 466 Å². The third kappa shape index (κ3) is 61.3. The zero-order valence-corrected chi connectivity index (χ0v) is 49.3. The Balaban J connectivity index is 3.64. The van der Waals surface area contributed by atoms with Crippen molar-refractivity contribution in [3.63, 3.8) is 0 Å². The van der Waals surface area contributed by atoms with Crippen molar-refractivity contribution in [1.29, 1.82) is 0 Å². The van der Waals surface area contributed by atoms with E-state index in [0.29, 0.717) is 6.42 Å². The smallest absolute Gasteiger partial charge is 0.220 e. The number of hydrogen-bond acceptors (Lipinski definition) is 3. The first kappa shape index (κ1) is 71.5. The van der Waals surface area contributed by atoms with Gasteiger partial charge in [0.25, 0.3) is 0 Å². The standard InChI is InChI=1S/C71H121NO3/c1-3-5-7-9-11-13-15-17-19-21-23-25-27-29-31-33-35-37-38-40-42-44-46-48-50-52-54-56-58-60-62-64-66-70(74)69(68-73)72-71(75)67-65-63-61-59-57-55-53-51-49-47-45-43-41-39-36-34-32-30-28-26-24-22-20-18-16-14-12-10-8-6-4-2/h6,8,12,14,18,20,24,26,30,32,36,39,43,45,49,51,55-58,64,66,69-70,73-74H,3-5,7,9-11,13,15-17,19,21-23,25,27-29,31,33-35,37-38,40-42,44,46-48,50,52-54,59-63,65,67-68H2,1-2H3,(H,72,75)/b8-6-,14-12-,20-18-,26-24-,32-30-,39-36-,45-43-,51-49-,57-55-,58-56+,66-64+. The van der Waals surface area contributed by atoms with Crippen LogP contribution < -0.4 is 5.32 Å². The summed E-state index contributed by atoms with van der Waals surface area (Å²) in [4.78, 5) is 12.5. The lowest BCUT2D eigenvalue weighted by Gasteiger charge is -2.19. The molecule has 0 aliphatic carbocycles. The summed E-state index contributed by atoms with van der Waals surface area (Å²) in [5.74, 6) is -0.109. The molecule has 0 saturated heterocycles. The Bertz CT molecular complexity index is 1500. The van der Waals surface area contributed by atoms with Crippen LogP contribution in [0.4, 0.5) is 0 Å². The van der Waals surface area contributed by atoms with Crippen molar-refractivity contribution in [2.24, 2.45) is 0 Å². The van der Waals surface area contributed by atoms with E-state index in [1.165, 1.54) is 167 Å². The van der Waals surface area contributed by atoms with E-state index in [1.807, 2.05) is 6.08 Å². The zero-order chi connectivity index (χ0) is 54.1. The second-order valence-corrected chi connectivity index (χ2v) is 21.1. The van der Waals surface area contributed by atoms with Crippen LogP contribution in [0, 0.1) is 0 Å². The quantitative estimate of drug-likeness (QED) is 0.0420.